The third-order valence-electron chi connectivity index (χ3n) is 6.15. The van der Waals surface area contributed by atoms with E-state index in [2.05, 4.69) is 0 Å². The summed E-state index contributed by atoms with van der Waals surface area (Å²) in [6, 6.07) is 24.3. The minimum absolute atomic E-state index is 0.0256. The molecule has 0 aliphatic carbocycles. The Hall–Kier alpha value is -4.99. The Kier molecular flexibility index (Phi) is 7.82. The molecular weight excluding hydrogens is 569 g/mol. The van der Waals surface area contributed by atoms with E-state index in [0.29, 0.717) is 5.56 Å². The van der Waals surface area contributed by atoms with Gasteiger partial charge in [0.25, 0.3) is 17.5 Å². The highest BCUT2D eigenvalue weighted by Crippen LogP contribution is 2.36. The summed E-state index contributed by atoms with van der Waals surface area (Å²) in [6.45, 7) is -0.0256. The van der Waals surface area contributed by atoms with Crippen molar-refractivity contribution in [2.45, 2.75) is 6.61 Å². The standard InChI is InChI=1S/C30H19Cl2N3O6/c31-21-15-20(27(26(32)17-21)41-18-19-11-13-24(14-12-19)35(39)40)16-25-28(36)33(22-7-3-1-4-8-22)30(38)34(29(25)37)23-9-5-2-6-10-23/h1-17H,18H2. The lowest BCUT2D eigenvalue weighted by Crippen LogP contribution is -2.57. The smallest absolute Gasteiger partial charge is 0.343 e. The number of benzene rings is 4. The van der Waals surface area contributed by atoms with E-state index in [1.54, 1.807) is 60.7 Å². The van der Waals surface area contributed by atoms with Crippen LogP contribution in [0.25, 0.3) is 6.08 Å². The number of non-ortho nitro benzene ring substituents is 1. The van der Waals surface area contributed by atoms with E-state index < -0.39 is 22.8 Å². The second-order valence-corrected chi connectivity index (χ2v) is 9.65. The van der Waals surface area contributed by atoms with Gasteiger partial charge in [0.1, 0.15) is 17.9 Å². The lowest BCUT2D eigenvalue weighted by Gasteiger charge is -2.34. The van der Waals surface area contributed by atoms with Gasteiger partial charge in [-0.15, -0.1) is 0 Å². The molecule has 1 saturated heterocycles. The van der Waals surface area contributed by atoms with Gasteiger partial charge in [0, 0.05) is 22.7 Å². The Balaban J connectivity index is 1.57. The molecule has 0 radical (unpaired) electrons. The molecule has 1 heterocycles. The quantitative estimate of drug-likeness (QED) is 0.0989. The number of amides is 4. The predicted molar refractivity (Wildman–Crippen MR) is 155 cm³/mol. The maximum Gasteiger partial charge on any atom is 0.343 e. The summed E-state index contributed by atoms with van der Waals surface area (Å²) in [6.07, 6.45) is 1.28. The van der Waals surface area contributed by atoms with Crippen molar-refractivity contribution in [2.75, 3.05) is 9.80 Å². The van der Waals surface area contributed by atoms with Crippen LogP contribution in [0.1, 0.15) is 11.1 Å². The molecule has 4 aromatic carbocycles. The number of hydrogen-bond donors (Lipinski definition) is 0. The molecule has 0 atom stereocenters. The van der Waals surface area contributed by atoms with Crippen LogP contribution in [0.3, 0.4) is 0 Å². The number of nitro benzene ring substituents is 1. The highest BCUT2D eigenvalue weighted by Gasteiger charge is 2.43. The SMILES string of the molecule is O=C1C(=Cc2cc(Cl)cc(Cl)c2OCc2ccc([N+](=O)[O-])cc2)C(=O)N(c2ccccc2)C(=O)N1c1ccccc1. The number of imide groups is 2. The zero-order chi connectivity index (χ0) is 29.1. The van der Waals surface area contributed by atoms with Gasteiger partial charge in [-0.2, -0.15) is 0 Å². The molecule has 0 unspecified atom stereocenters. The van der Waals surface area contributed by atoms with Gasteiger partial charge in [0.15, 0.2) is 0 Å². The van der Waals surface area contributed by atoms with Crippen LogP contribution in [0.15, 0.2) is 103 Å². The van der Waals surface area contributed by atoms with Crippen molar-refractivity contribution in [3.8, 4) is 5.75 Å². The molecule has 1 aliphatic rings. The maximum absolute atomic E-state index is 13.7. The van der Waals surface area contributed by atoms with Crippen LogP contribution in [0, 0.1) is 10.1 Å². The first-order chi connectivity index (χ1) is 19.7. The van der Waals surface area contributed by atoms with Crippen molar-refractivity contribution in [1.29, 1.82) is 0 Å². The van der Waals surface area contributed by atoms with Gasteiger partial charge in [-0.3, -0.25) is 19.7 Å². The second kappa shape index (κ2) is 11.6. The van der Waals surface area contributed by atoms with Crippen molar-refractivity contribution in [3.63, 3.8) is 0 Å². The number of anilines is 2. The molecule has 4 aromatic rings. The summed E-state index contributed by atoms with van der Waals surface area (Å²) in [5.74, 6) is -1.55. The third-order valence-corrected chi connectivity index (χ3v) is 6.64. The molecule has 0 saturated carbocycles. The lowest BCUT2D eigenvalue weighted by molar-refractivity contribution is -0.384. The topological polar surface area (TPSA) is 110 Å². The second-order valence-electron chi connectivity index (χ2n) is 8.81. The summed E-state index contributed by atoms with van der Waals surface area (Å²) in [5, 5.41) is 11.3. The Labute approximate surface area is 243 Å². The highest BCUT2D eigenvalue weighted by molar-refractivity contribution is 6.46. The van der Waals surface area contributed by atoms with E-state index in [1.165, 1.54) is 42.5 Å². The number of carbonyl (C=O) groups is 3. The van der Waals surface area contributed by atoms with Crippen LogP contribution in [-0.2, 0) is 16.2 Å². The van der Waals surface area contributed by atoms with Crippen LogP contribution in [-0.4, -0.2) is 22.8 Å². The molecule has 5 rings (SSSR count). The summed E-state index contributed by atoms with van der Waals surface area (Å²) in [4.78, 5) is 53.2. The van der Waals surface area contributed by atoms with E-state index in [1.807, 2.05) is 0 Å². The Morgan fingerprint density at radius 2 is 1.32 bits per heavy atom. The number of rotatable bonds is 7. The van der Waals surface area contributed by atoms with Gasteiger partial charge in [0.05, 0.1) is 21.3 Å². The molecule has 204 valence electrons. The van der Waals surface area contributed by atoms with Crippen LogP contribution < -0.4 is 14.5 Å². The number of urea groups is 1. The fraction of sp³-hybridized carbons (Fsp3) is 0.0333. The van der Waals surface area contributed by atoms with E-state index in [-0.39, 0.29) is 50.6 Å². The average Bonchev–Trinajstić information content (AvgIpc) is 2.96. The summed E-state index contributed by atoms with van der Waals surface area (Å²) >= 11 is 12.7. The Morgan fingerprint density at radius 1 is 0.780 bits per heavy atom. The zero-order valence-electron chi connectivity index (χ0n) is 21.1. The third kappa shape index (κ3) is 5.67. The monoisotopic (exact) mass is 587 g/mol. The normalized spacial score (nSPS) is 13.4. The van der Waals surface area contributed by atoms with Gasteiger partial charge in [0.2, 0.25) is 0 Å². The molecular formula is C30H19Cl2N3O6. The molecule has 0 aromatic heterocycles. The molecule has 1 fully saturated rings. The number of carbonyl (C=O) groups excluding carboxylic acids is 3. The van der Waals surface area contributed by atoms with E-state index in [0.717, 1.165) is 9.80 Å². The predicted octanol–water partition coefficient (Wildman–Crippen LogP) is 7.06. The van der Waals surface area contributed by atoms with Crippen LogP contribution in [0.5, 0.6) is 5.75 Å². The Morgan fingerprint density at radius 3 is 1.83 bits per heavy atom. The molecule has 4 amide bonds. The van der Waals surface area contributed by atoms with E-state index >= 15 is 0 Å². The van der Waals surface area contributed by atoms with E-state index in [9.17, 15) is 24.5 Å². The first kappa shape index (κ1) is 27.6. The molecule has 0 N–H and O–H groups in total. The molecule has 0 bridgehead atoms. The molecule has 1 aliphatic heterocycles. The van der Waals surface area contributed by atoms with Crippen molar-refractivity contribution < 1.29 is 24.0 Å². The minimum atomic E-state index is -0.837. The van der Waals surface area contributed by atoms with Crippen molar-refractivity contribution in [2.24, 2.45) is 0 Å². The highest BCUT2D eigenvalue weighted by atomic mass is 35.5. The fourth-order valence-electron chi connectivity index (χ4n) is 4.20. The summed E-state index contributed by atoms with van der Waals surface area (Å²) < 4.78 is 5.94. The van der Waals surface area contributed by atoms with Crippen LogP contribution in [0.2, 0.25) is 10.0 Å². The van der Waals surface area contributed by atoms with Crippen LogP contribution in [0.4, 0.5) is 21.9 Å². The van der Waals surface area contributed by atoms with Gasteiger partial charge in [-0.05, 0) is 60.2 Å². The van der Waals surface area contributed by atoms with Crippen molar-refractivity contribution in [1.82, 2.24) is 0 Å². The number of halogens is 2. The number of para-hydroxylation sites is 2. The first-order valence-corrected chi connectivity index (χ1v) is 12.9. The maximum atomic E-state index is 13.7. The number of nitro groups is 1. The van der Waals surface area contributed by atoms with Gasteiger partial charge in [-0.1, -0.05) is 59.6 Å². The largest absolute Gasteiger partial charge is 0.487 e. The molecule has 9 nitrogen and oxygen atoms in total. The first-order valence-electron chi connectivity index (χ1n) is 12.1. The zero-order valence-corrected chi connectivity index (χ0v) is 22.6. The minimum Gasteiger partial charge on any atom is -0.487 e. The van der Waals surface area contributed by atoms with Gasteiger partial charge in [-0.25, -0.2) is 14.6 Å². The van der Waals surface area contributed by atoms with Crippen molar-refractivity contribution >= 4 is 64.2 Å². The van der Waals surface area contributed by atoms with E-state index in [4.69, 9.17) is 27.9 Å². The number of hydrogen-bond acceptors (Lipinski definition) is 6. The number of barbiturate groups is 1. The van der Waals surface area contributed by atoms with Gasteiger partial charge >= 0.3 is 6.03 Å². The molecule has 11 heteroatoms. The fourth-order valence-corrected chi connectivity index (χ4v) is 4.77. The Bertz CT molecular complexity index is 1630. The summed E-state index contributed by atoms with van der Waals surface area (Å²) in [7, 11) is 0. The average molecular weight is 588 g/mol. The lowest BCUT2D eigenvalue weighted by atomic mass is 10.0. The number of nitrogens with zero attached hydrogens (tertiary/aromatic N) is 3. The van der Waals surface area contributed by atoms with Gasteiger partial charge < -0.3 is 4.74 Å². The molecule has 41 heavy (non-hydrogen) atoms. The van der Waals surface area contributed by atoms with Crippen LogP contribution >= 0.6 is 23.2 Å². The van der Waals surface area contributed by atoms with Crippen molar-refractivity contribution in [3.05, 3.63) is 134 Å². The summed E-state index contributed by atoms with van der Waals surface area (Å²) in [5.41, 5.74) is 0.994. The molecule has 0 spiro atoms. The number of ether oxygens (including phenoxy) is 1.